The van der Waals surface area contributed by atoms with E-state index in [1.807, 2.05) is 31.2 Å². The fourth-order valence-electron chi connectivity index (χ4n) is 2.48. The minimum atomic E-state index is -0.521. The number of rotatable bonds is 9. The van der Waals surface area contributed by atoms with Gasteiger partial charge in [-0.15, -0.1) is 0 Å². The number of hydrogen-bond donors (Lipinski definition) is 3. The van der Waals surface area contributed by atoms with E-state index in [2.05, 4.69) is 30.0 Å². The van der Waals surface area contributed by atoms with Gasteiger partial charge in [0, 0.05) is 11.3 Å². The molecule has 0 unspecified atom stereocenters. The van der Waals surface area contributed by atoms with Crippen LogP contribution in [0.1, 0.15) is 36.2 Å². The molecule has 0 aliphatic rings. The molecule has 0 heterocycles. The summed E-state index contributed by atoms with van der Waals surface area (Å²) in [6.45, 7) is 6.68. The number of ether oxygens (including phenoxy) is 2. The number of amides is 2. The average molecular weight is 434 g/mol. The standard InChI is InChI=1S/C22H28ClN3O4/c1-14(2)9-10-30-21-18(23)11-16(12-19(21)29-4)22(28)26-25-20(27)13-24-17-7-5-15(3)6-8-17/h5-8,11-12,14,24H,9-10,13H2,1-4H3,(H,25,27)(H,26,28). The minimum Gasteiger partial charge on any atom is -0.493 e. The van der Waals surface area contributed by atoms with Crippen molar-refractivity contribution in [2.75, 3.05) is 25.6 Å². The van der Waals surface area contributed by atoms with E-state index in [0.717, 1.165) is 17.7 Å². The molecule has 162 valence electrons. The Bertz CT molecular complexity index is 869. The first-order valence-electron chi connectivity index (χ1n) is 9.70. The van der Waals surface area contributed by atoms with Crippen LogP contribution < -0.4 is 25.6 Å². The van der Waals surface area contributed by atoms with Gasteiger partial charge in [-0.25, -0.2) is 0 Å². The summed E-state index contributed by atoms with van der Waals surface area (Å²) < 4.78 is 11.0. The lowest BCUT2D eigenvalue weighted by Gasteiger charge is -2.15. The van der Waals surface area contributed by atoms with Crippen molar-refractivity contribution in [3.05, 3.63) is 52.5 Å². The van der Waals surface area contributed by atoms with Crippen LogP contribution in [-0.4, -0.2) is 32.1 Å². The highest BCUT2D eigenvalue weighted by molar-refractivity contribution is 6.32. The average Bonchev–Trinajstić information content (AvgIpc) is 2.72. The zero-order chi connectivity index (χ0) is 22.1. The van der Waals surface area contributed by atoms with E-state index in [1.54, 1.807) is 0 Å². The number of halogens is 1. The third-order valence-electron chi connectivity index (χ3n) is 4.25. The molecule has 2 rings (SSSR count). The number of carbonyl (C=O) groups excluding carboxylic acids is 2. The van der Waals surface area contributed by atoms with Gasteiger partial charge in [-0.3, -0.25) is 20.4 Å². The molecule has 7 nitrogen and oxygen atoms in total. The second kappa shape index (κ2) is 11.3. The van der Waals surface area contributed by atoms with Gasteiger partial charge in [0.05, 0.1) is 25.3 Å². The van der Waals surface area contributed by atoms with Gasteiger partial charge in [0.15, 0.2) is 11.5 Å². The van der Waals surface area contributed by atoms with Crippen molar-refractivity contribution < 1.29 is 19.1 Å². The number of carbonyl (C=O) groups is 2. The van der Waals surface area contributed by atoms with Crippen LogP contribution in [-0.2, 0) is 4.79 Å². The maximum absolute atomic E-state index is 12.4. The fourth-order valence-corrected chi connectivity index (χ4v) is 2.75. The van der Waals surface area contributed by atoms with Gasteiger partial charge in [0.2, 0.25) is 0 Å². The molecule has 8 heteroatoms. The first-order chi connectivity index (χ1) is 14.3. The summed E-state index contributed by atoms with van der Waals surface area (Å²) in [6.07, 6.45) is 0.865. The van der Waals surface area contributed by atoms with E-state index in [1.165, 1.54) is 19.2 Å². The number of aryl methyl sites for hydroxylation is 1. The molecule has 2 aromatic carbocycles. The van der Waals surface area contributed by atoms with E-state index < -0.39 is 11.8 Å². The van der Waals surface area contributed by atoms with Crippen LogP contribution in [0.4, 0.5) is 5.69 Å². The summed E-state index contributed by atoms with van der Waals surface area (Å²) in [5.74, 6) is 0.318. The highest BCUT2D eigenvalue weighted by Gasteiger charge is 2.16. The van der Waals surface area contributed by atoms with Gasteiger partial charge >= 0.3 is 0 Å². The molecule has 2 aromatic rings. The van der Waals surface area contributed by atoms with Crippen molar-refractivity contribution in [2.24, 2.45) is 5.92 Å². The molecular weight excluding hydrogens is 406 g/mol. The number of nitrogens with one attached hydrogen (secondary N) is 3. The number of anilines is 1. The Morgan fingerprint density at radius 1 is 1.10 bits per heavy atom. The fraction of sp³-hybridized carbons (Fsp3) is 0.364. The third kappa shape index (κ3) is 7.15. The Morgan fingerprint density at radius 3 is 2.43 bits per heavy atom. The van der Waals surface area contributed by atoms with Gasteiger partial charge in [-0.2, -0.15) is 0 Å². The van der Waals surface area contributed by atoms with Crippen LogP contribution >= 0.6 is 11.6 Å². The summed E-state index contributed by atoms with van der Waals surface area (Å²) in [6, 6.07) is 10.6. The second-order valence-corrected chi connectivity index (χ2v) is 7.65. The molecule has 0 radical (unpaired) electrons. The van der Waals surface area contributed by atoms with Crippen molar-refractivity contribution in [2.45, 2.75) is 27.2 Å². The highest BCUT2D eigenvalue weighted by Crippen LogP contribution is 2.36. The molecule has 0 aromatic heterocycles. The molecule has 0 bridgehead atoms. The third-order valence-corrected chi connectivity index (χ3v) is 4.53. The predicted molar refractivity (Wildman–Crippen MR) is 118 cm³/mol. The largest absolute Gasteiger partial charge is 0.493 e. The Labute approximate surface area is 182 Å². The lowest BCUT2D eigenvalue weighted by molar-refractivity contribution is -0.120. The molecule has 0 saturated carbocycles. The second-order valence-electron chi connectivity index (χ2n) is 7.24. The molecular formula is C22H28ClN3O4. The molecule has 0 aliphatic heterocycles. The predicted octanol–water partition coefficient (Wildman–Crippen LogP) is 3.96. The Balaban J connectivity index is 1.91. The van der Waals surface area contributed by atoms with E-state index in [0.29, 0.717) is 24.0 Å². The van der Waals surface area contributed by atoms with Crippen molar-refractivity contribution >= 4 is 29.1 Å². The molecule has 0 fully saturated rings. The van der Waals surface area contributed by atoms with Crippen molar-refractivity contribution in [1.82, 2.24) is 10.9 Å². The molecule has 0 aliphatic carbocycles. The maximum Gasteiger partial charge on any atom is 0.269 e. The lowest BCUT2D eigenvalue weighted by atomic mass is 10.1. The monoisotopic (exact) mass is 433 g/mol. The van der Waals surface area contributed by atoms with E-state index >= 15 is 0 Å². The van der Waals surface area contributed by atoms with Gasteiger partial charge in [0.1, 0.15) is 0 Å². The van der Waals surface area contributed by atoms with Crippen LogP contribution in [0.3, 0.4) is 0 Å². The van der Waals surface area contributed by atoms with Crippen LogP contribution in [0, 0.1) is 12.8 Å². The first kappa shape index (κ1) is 23.3. The quantitative estimate of drug-likeness (QED) is 0.521. The highest BCUT2D eigenvalue weighted by atomic mass is 35.5. The summed E-state index contributed by atoms with van der Waals surface area (Å²) in [5, 5.41) is 3.24. The summed E-state index contributed by atoms with van der Waals surface area (Å²) >= 11 is 6.28. The van der Waals surface area contributed by atoms with Gasteiger partial charge in [0.25, 0.3) is 11.8 Å². The summed E-state index contributed by atoms with van der Waals surface area (Å²) in [7, 11) is 1.47. The zero-order valence-corrected chi connectivity index (χ0v) is 18.4. The van der Waals surface area contributed by atoms with Crippen molar-refractivity contribution in [3.8, 4) is 11.5 Å². The number of methoxy groups -OCH3 is 1. The van der Waals surface area contributed by atoms with E-state index in [4.69, 9.17) is 21.1 Å². The van der Waals surface area contributed by atoms with Crippen LogP contribution in [0.25, 0.3) is 0 Å². The van der Waals surface area contributed by atoms with Crippen molar-refractivity contribution in [1.29, 1.82) is 0 Å². The summed E-state index contributed by atoms with van der Waals surface area (Å²) in [4.78, 5) is 24.4. The minimum absolute atomic E-state index is 0.00997. The maximum atomic E-state index is 12.4. The Kier molecular flexibility index (Phi) is 8.80. The molecule has 0 saturated heterocycles. The molecule has 2 amide bonds. The first-order valence-corrected chi connectivity index (χ1v) is 10.1. The SMILES string of the molecule is COc1cc(C(=O)NNC(=O)CNc2ccc(C)cc2)cc(Cl)c1OCCC(C)C. The molecule has 0 spiro atoms. The van der Waals surface area contributed by atoms with Crippen LogP contribution in [0.15, 0.2) is 36.4 Å². The molecule has 0 atom stereocenters. The van der Waals surface area contributed by atoms with E-state index in [9.17, 15) is 9.59 Å². The topological polar surface area (TPSA) is 88.7 Å². The van der Waals surface area contributed by atoms with Crippen LogP contribution in [0.5, 0.6) is 11.5 Å². The molecule has 30 heavy (non-hydrogen) atoms. The van der Waals surface area contributed by atoms with Crippen molar-refractivity contribution in [3.63, 3.8) is 0 Å². The Hall–Kier alpha value is -2.93. The van der Waals surface area contributed by atoms with Gasteiger partial charge in [-0.05, 0) is 43.5 Å². The summed E-state index contributed by atoms with van der Waals surface area (Å²) in [5.41, 5.74) is 6.91. The van der Waals surface area contributed by atoms with E-state index in [-0.39, 0.29) is 17.1 Å². The molecule has 3 N–H and O–H groups in total. The normalized spacial score (nSPS) is 10.5. The smallest absolute Gasteiger partial charge is 0.269 e. The number of hydrazine groups is 1. The van der Waals surface area contributed by atoms with Gasteiger partial charge < -0.3 is 14.8 Å². The van der Waals surface area contributed by atoms with Crippen LogP contribution in [0.2, 0.25) is 5.02 Å². The number of benzene rings is 2. The lowest BCUT2D eigenvalue weighted by Crippen LogP contribution is -2.44. The zero-order valence-electron chi connectivity index (χ0n) is 17.7. The van der Waals surface area contributed by atoms with Gasteiger partial charge in [-0.1, -0.05) is 43.1 Å². The number of hydrogen-bond acceptors (Lipinski definition) is 5. The Morgan fingerprint density at radius 2 is 1.80 bits per heavy atom.